The number of benzene rings is 3. The lowest BCUT2D eigenvalue weighted by molar-refractivity contribution is 0.0462. The van der Waals surface area contributed by atoms with E-state index >= 15 is 0 Å². The summed E-state index contributed by atoms with van der Waals surface area (Å²) in [6.07, 6.45) is 0. The third-order valence-electron chi connectivity index (χ3n) is 4.53. The Morgan fingerprint density at radius 1 is 0.867 bits per heavy atom. The van der Waals surface area contributed by atoms with E-state index in [2.05, 4.69) is 10.1 Å². The smallest absolute Gasteiger partial charge is 0.378 e. The third kappa shape index (κ3) is 4.17. The topological polar surface area (TPSA) is 74.1 Å². The van der Waals surface area contributed by atoms with Gasteiger partial charge in [0, 0.05) is 11.1 Å². The largest absolute Gasteiger partial charge is 0.451 e. The monoisotopic (exact) mass is 397 g/mol. The van der Waals surface area contributed by atoms with Gasteiger partial charge in [0.2, 0.25) is 0 Å². The van der Waals surface area contributed by atoms with E-state index in [-0.39, 0.29) is 18.2 Å². The summed E-state index contributed by atoms with van der Waals surface area (Å²) in [6.45, 7) is 1.62. The van der Waals surface area contributed by atoms with Crippen LogP contribution < -0.4 is 0 Å². The number of rotatable bonds is 6. The van der Waals surface area contributed by atoms with Crippen LogP contribution in [0.25, 0.3) is 17.1 Å². The molecule has 0 spiro atoms. The molecule has 0 aliphatic carbocycles. The molecular formula is C24H19N3O3. The highest BCUT2D eigenvalue weighted by atomic mass is 16.5. The molecule has 4 rings (SSSR count). The number of ether oxygens (including phenoxy) is 1. The van der Waals surface area contributed by atoms with Crippen molar-refractivity contribution in [1.29, 1.82) is 0 Å². The molecule has 0 bridgehead atoms. The van der Waals surface area contributed by atoms with Gasteiger partial charge >= 0.3 is 5.97 Å². The second kappa shape index (κ2) is 8.53. The second-order valence-electron chi connectivity index (χ2n) is 6.74. The lowest BCUT2D eigenvalue weighted by atomic mass is 10.1. The van der Waals surface area contributed by atoms with Crippen molar-refractivity contribution in [2.45, 2.75) is 6.92 Å². The van der Waals surface area contributed by atoms with E-state index in [9.17, 15) is 9.59 Å². The summed E-state index contributed by atoms with van der Waals surface area (Å²) in [6, 6.07) is 25.9. The molecule has 0 saturated heterocycles. The zero-order valence-corrected chi connectivity index (χ0v) is 16.4. The fourth-order valence-electron chi connectivity index (χ4n) is 2.94. The molecule has 0 atom stereocenters. The van der Waals surface area contributed by atoms with Gasteiger partial charge in [0.05, 0.1) is 5.69 Å². The lowest BCUT2D eigenvalue weighted by Crippen LogP contribution is -2.15. The Morgan fingerprint density at radius 2 is 1.50 bits per heavy atom. The van der Waals surface area contributed by atoms with Crippen molar-refractivity contribution in [2.24, 2.45) is 0 Å². The van der Waals surface area contributed by atoms with Crippen LogP contribution in [0.3, 0.4) is 0 Å². The van der Waals surface area contributed by atoms with Crippen LogP contribution >= 0.6 is 0 Å². The molecule has 6 heteroatoms. The summed E-state index contributed by atoms with van der Waals surface area (Å²) in [4.78, 5) is 29.2. The van der Waals surface area contributed by atoms with Gasteiger partial charge in [-0.15, -0.1) is 5.10 Å². The van der Waals surface area contributed by atoms with E-state index in [0.29, 0.717) is 11.4 Å². The Hall–Kier alpha value is -4.06. The van der Waals surface area contributed by atoms with Crippen molar-refractivity contribution < 1.29 is 14.3 Å². The number of hydrogen-bond acceptors (Lipinski definition) is 5. The maximum Gasteiger partial charge on any atom is 0.378 e. The predicted molar refractivity (Wildman–Crippen MR) is 113 cm³/mol. The maximum atomic E-state index is 12.5. The van der Waals surface area contributed by atoms with Gasteiger partial charge in [0.1, 0.15) is 0 Å². The zero-order chi connectivity index (χ0) is 20.9. The molecule has 0 radical (unpaired) electrons. The average Bonchev–Trinajstić information content (AvgIpc) is 3.24. The number of carbonyl (C=O) groups is 2. The van der Waals surface area contributed by atoms with Gasteiger partial charge in [-0.25, -0.2) is 14.5 Å². The highest BCUT2D eigenvalue weighted by Gasteiger charge is 2.21. The minimum Gasteiger partial charge on any atom is -0.451 e. The summed E-state index contributed by atoms with van der Waals surface area (Å²) in [5.41, 5.74) is 3.17. The molecule has 0 unspecified atom stereocenters. The molecule has 0 fully saturated rings. The Labute approximate surface area is 173 Å². The summed E-state index contributed by atoms with van der Waals surface area (Å²) >= 11 is 0. The second-order valence-corrected chi connectivity index (χ2v) is 6.74. The molecule has 1 aromatic heterocycles. The number of nitrogens with zero attached hydrogens (tertiary/aromatic N) is 3. The highest BCUT2D eigenvalue weighted by molar-refractivity contribution is 5.98. The number of hydrogen-bond donors (Lipinski definition) is 0. The molecule has 6 nitrogen and oxygen atoms in total. The average molecular weight is 397 g/mol. The number of aromatic nitrogens is 3. The van der Waals surface area contributed by atoms with E-state index in [1.807, 2.05) is 67.6 Å². The molecule has 0 N–H and O–H groups in total. The van der Waals surface area contributed by atoms with Crippen LogP contribution in [0.4, 0.5) is 0 Å². The maximum absolute atomic E-state index is 12.5. The van der Waals surface area contributed by atoms with Crippen LogP contribution in [-0.4, -0.2) is 33.1 Å². The first kappa shape index (κ1) is 19.3. The summed E-state index contributed by atoms with van der Waals surface area (Å²) in [7, 11) is 0. The van der Waals surface area contributed by atoms with Crippen LogP contribution in [0.15, 0.2) is 84.9 Å². The van der Waals surface area contributed by atoms with Gasteiger partial charge in [-0.1, -0.05) is 78.4 Å². The third-order valence-corrected chi connectivity index (χ3v) is 4.53. The number of esters is 1. The number of carbonyl (C=O) groups excluding carboxylic acids is 2. The minimum atomic E-state index is -0.748. The van der Waals surface area contributed by atoms with E-state index in [0.717, 1.165) is 16.8 Å². The van der Waals surface area contributed by atoms with Crippen LogP contribution in [0.1, 0.15) is 26.5 Å². The standard InChI is InChI=1S/C24H19N3O3/c1-17-12-14-20(15-13-17)27-23(19-10-6-3-7-11-19)25-22(26-27)24(29)30-16-21(28)18-8-4-2-5-9-18/h2-15H,16H2,1H3. The van der Waals surface area contributed by atoms with Crippen molar-refractivity contribution >= 4 is 11.8 Å². The van der Waals surface area contributed by atoms with E-state index in [4.69, 9.17) is 4.74 Å². The van der Waals surface area contributed by atoms with Gasteiger partial charge in [-0.05, 0) is 19.1 Å². The number of ketones is 1. The molecule has 0 aliphatic heterocycles. The van der Waals surface area contributed by atoms with Crippen LogP contribution in [0.2, 0.25) is 0 Å². The molecule has 30 heavy (non-hydrogen) atoms. The summed E-state index contributed by atoms with van der Waals surface area (Å²) in [5, 5.41) is 4.36. The van der Waals surface area contributed by atoms with Crippen LogP contribution in [0, 0.1) is 6.92 Å². The fourth-order valence-corrected chi connectivity index (χ4v) is 2.94. The first-order valence-corrected chi connectivity index (χ1v) is 9.47. The van der Waals surface area contributed by atoms with Crippen molar-refractivity contribution in [3.05, 3.63) is 102 Å². The minimum absolute atomic E-state index is 0.102. The molecule has 0 aliphatic rings. The van der Waals surface area contributed by atoms with Gasteiger partial charge in [-0.2, -0.15) is 0 Å². The van der Waals surface area contributed by atoms with Crippen molar-refractivity contribution in [1.82, 2.24) is 14.8 Å². The first-order valence-electron chi connectivity index (χ1n) is 9.47. The van der Waals surface area contributed by atoms with Gasteiger partial charge in [0.25, 0.3) is 5.82 Å². The Balaban J connectivity index is 1.61. The SMILES string of the molecule is Cc1ccc(-n2nc(C(=O)OCC(=O)c3ccccc3)nc2-c2ccccc2)cc1. The van der Waals surface area contributed by atoms with Gasteiger partial charge < -0.3 is 4.74 Å². The zero-order valence-electron chi connectivity index (χ0n) is 16.4. The molecule has 148 valence electrons. The molecule has 3 aromatic carbocycles. The van der Waals surface area contributed by atoms with E-state index in [1.165, 1.54) is 0 Å². The lowest BCUT2D eigenvalue weighted by Gasteiger charge is -2.06. The quantitative estimate of drug-likeness (QED) is 0.359. The van der Waals surface area contributed by atoms with Gasteiger partial charge in [0.15, 0.2) is 18.2 Å². The number of Topliss-reactive ketones (excluding diaryl/α,β-unsaturated/α-hetero) is 1. The van der Waals surface area contributed by atoms with E-state index in [1.54, 1.807) is 28.9 Å². The molecular weight excluding hydrogens is 378 g/mol. The predicted octanol–water partition coefficient (Wildman–Crippen LogP) is 4.28. The normalized spacial score (nSPS) is 10.6. The van der Waals surface area contributed by atoms with Crippen molar-refractivity contribution in [3.8, 4) is 17.1 Å². The van der Waals surface area contributed by atoms with Crippen molar-refractivity contribution in [3.63, 3.8) is 0 Å². The molecule has 0 saturated carbocycles. The molecule has 4 aromatic rings. The Bertz CT molecular complexity index is 1170. The van der Waals surface area contributed by atoms with Crippen LogP contribution in [0.5, 0.6) is 0 Å². The molecule has 1 heterocycles. The first-order chi connectivity index (χ1) is 14.6. The highest BCUT2D eigenvalue weighted by Crippen LogP contribution is 2.21. The Morgan fingerprint density at radius 3 is 2.17 bits per heavy atom. The number of aryl methyl sites for hydroxylation is 1. The van der Waals surface area contributed by atoms with Crippen LogP contribution in [-0.2, 0) is 4.74 Å². The van der Waals surface area contributed by atoms with Crippen molar-refractivity contribution in [2.75, 3.05) is 6.61 Å². The summed E-state index contributed by atoms with van der Waals surface area (Å²) < 4.78 is 6.78. The molecule has 0 amide bonds. The fraction of sp³-hybridized carbons (Fsp3) is 0.0833. The Kier molecular flexibility index (Phi) is 5.48. The van der Waals surface area contributed by atoms with E-state index < -0.39 is 5.97 Å². The summed E-state index contributed by atoms with van der Waals surface area (Å²) in [5.74, 6) is -0.622. The van der Waals surface area contributed by atoms with Gasteiger partial charge in [-0.3, -0.25) is 4.79 Å².